The van der Waals surface area contributed by atoms with E-state index in [1.54, 1.807) is 0 Å². The van der Waals surface area contributed by atoms with Gasteiger partial charge in [0.15, 0.2) is 5.82 Å². The molecule has 0 fully saturated rings. The minimum atomic E-state index is -0.561. The number of H-pyrrole nitrogens is 1. The van der Waals surface area contributed by atoms with Crippen LogP contribution in [0.3, 0.4) is 0 Å². The normalized spacial score (nSPS) is 14.9. The second-order valence-electron chi connectivity index (χ2n) is 9.54. The summed E-state index contributed by atoms with van der Waals surface area (Å²) in [5, 5.41) is 4.57. The standard InChI is InChI=1S/C30H27ClN4O2/c1-3-7-28-33-29-25(31)10-6-11-26(29)35(28)18(2)20-14-15-23-21(16-20)13-12-19-8-4-5-9-22(19)24(23)17-27-32-30(36)37-34-27/h4-6,8-11,14-18H,3,7,12-13H2,1-2H3,(H,32,34,36). The summed E-state index contributed by atoms with van der Waals surface area (Å²) < 4.78 is 7.08. The first kappa shape index (κ1) is 23.5. The van der Waals surface area contributed by atoms with Gasteiger partial charge in [0.05, 0.1) is 16.6 Å². The topological polar surface area (TPSA) is 76.7 Å². The Kier molecular flexibility index (Phi) is 6.05. The third kappa shape index (κ3) is 4.21. The van der Waals surface area contributed by atoms with E-state index in [0.717, 1.165) is 59.2 Å². The Balaban J connectivity index is 1.48. The van der Waals surface area contributed by atoms with Crippen LogP contribution in [0.2, 0.25) is 5.02 Å². The van der Waals surface area contributed by atoms with Crippen LogP contribution in [0.5, 0.6) is 0 Å². The molecule has 6 rings (SSSR count). The monoisotopic (exact) mass is 510 g/mol. The van der Waals surface area contributed by atoms with Crippen LogP contribution in [-0.2, 0) is 19.3 Å². The molecular weight excluding hydrogens is 484 g/mol. The van der Waals surface area contributed by atoms with Crippen LogP contribution in [-0.4, -0.2) is 19.7 Å². The zero-order chi connectivity index (χ0) is 25.5. The lowest BCUT2D eigenvalue weighted by atomic mass is 9.91. The molecule has 186 valence electrons. The Morgan fingerprint density at radius 2 is 1.89 bits per heavy atom. The largest absolute Gasteiger partial charge is 0.439 e. The predicted octanol–water partition coefficient (Wildman–Crippen LogP) is 6.62. The molecule has 0 saturated heterocycles. The number of benzene rings is 3. The van der Waals surface area contributed by atoms with Gasteiger partial charge in [-0.25, -0.2) is 9.78 Å². The van der Waals surface area contributed by atoms with Gasteiger partial charge in [0, 0.05) is 6.42 Å². The summed E-state index contributed by atoms with van der Waals surface area (Å²) >= 11 is 6.52. The van der Waals surface area contributed by atoms with Crippen LogP contribution in [0.4, 0.5) is 0 Å². The molecule has 0 bridgehead atoms. The van der Waals surface area contributed by atoms with Crippen molar-refractivity contribution in [1.82, 2.24) is 19.7 Å². The number of para-hydroxylation sites is 1. The van der Waals surface area contributed by atoms with Gasteiger partial charge >= 0.3 is 5.76 Å². The number of hydrogen-bond donors (Lipinski definition) is 1. The zero-order valence-corrected chi connectivity index (χ0v) is 21.5. The van der Waals surface area contributed by atoms with E-state index in [1.807, 2.05) is 24.3 Å². The first-order chi connectivity index (χ1) is 18.0. The molecule has 7 heteroatoms. The molecule has 6 nitrogen and oxygen atoms in total. The zero-order valence-electron chi connectivity index (χ0n) is 20.8. The molecule has 0 amide bonds. The number of aromatic nitrogens is 4. The highest BCUT2D eigenvalue weighted by Gasteiger charge is 2.22. The van der Waals surface area contributed by atoms with Crippen molar-refractivity contribution in [1.29, 1.82) is 0 Å². The van der Waals surface area contributed by atoms with Crippen molar-refractivity contribution in [3.8, 4) is 0 Å². The quantitative estimate of drug-likeness (QED) is 0.288. The molecule has 1 aliphatic rings. The Bertz CT molecular complexity index is 1710. The summed E-state index contributed by atoms with van der Waals surface area (Å²) in [6, 6.07) is 21.2. The van der Waals surface area contributed by atoms with Gasteiger partial charge in [0.25, 0.3) is 0 Å². The molecule has 37 heavy (non-hydrogen) atoms. The van der Waals surface area contributed by atoms with E-state index in [4.69, 9.17) is 21.1 Å². The summed E-state index contributed by atoms with van der Waals surface area (Å²) in [7, 11) is 0. The fraction of sp³-hybridized carbons (Fsp3) is 0.233. The van der Waals surface area contributed by atoms with Gasteiger partial charge in [-0.05, 0) is 77.8 Å². The first-order valence-electron chi connectivity index (χ1n) is 12.7. The van der Waals surface area contributed by atoms with E-state index >= 15 is 0 Å². The number of imidazole rings is 1. The third-order valence-electron chi connectivity index (χ3n) is 7.22. The number of hydrogen-bond acceptors (Lipinski definition) is 4. The lowest BCUT2D eigenvalue weighted by Gasteiger charge is -2.20. The molecule has 1 aliphatic carbocycles. The summed E-state index contributed by atoms with van der Waals surface area (Å²) in [6.45, 7) is 4.40. The molecule has 2 heterocycles. The molecule has 1 atom stereocenters. The fourth-order valence-electron chi connectivity index (χ4n) is 5.47. The Morgan fingerprint density at radius 1 is 1.08 bits per heavy atom. The van der Waals surface area contributed by atoms with Gasteiger partial charge in [-0.2, -0.15) is 0 Å². The predicted molar refractivity (Wildman–Crippen MR) is 147 cm³/mol. The molecule has 5 aromatic rings. The van der Waals surface area contributed by atoms with Crippen molar-refractivity contribution >= 4 is 34.3 Å². The van der Waals surface area contributed by atoms with E-state index in [0.29, 0.717) is 10.8 Å². The van der Waals surface area contributed by atoms with Crippen molar-refractivity contribution in [3.05, 3.63) is 116 Å². The van der Waals surface area contributed by atoms with Crippen LogP contribution >= 0.6 is 11.6 Å². The van der Waals surface area contributed by atoms with E-state index in [1.165, 1.54) is 16.7 Å². The molecular formula is C30H27ClN4O2. The van der Waals surface area contributed by atoms with Gasteiger partial charge < -0.3 is 4.57 Å². The van der Waals surface area contributed by atoms with E-state index in [2.05, 4.69) is 71.0 Å². The fourth-order valence-corrected chi connectivity index (χ4v) is 5.68. The van der Waals surface area contributed by atoms with Gasteiger partial charge in [-0.1, -0.05) is 72.2 Å². The number of fused-ring (bicyclic) bond motifs is 3. The van der Waals surface area contributed by atoms with Gasteiger partial charge in [0.2, 0.25) is 0 Å². The Labute approximate surface area is 219 Å². The van der Waals surface area contributed by atoms with E-state index in [-0.39, 0.29) is 6.04 Å². The van der Waals surface area contributed by atoms with Crippen molar-refractivity contribution in [3.63, 3.8) is 0 Å². The SMILES string of the molecule is CCCc1nc2c(Cl)cccc2n1C(C)c1ccc2c(c1)CCc1ccccc1C2=Cc1noc(=O)[nH]1. The van der Waals surface area contributed by atoms with Crippen molar-refractivity contribution in [2.75, 3.05) is 0 Å². The lowest BCUT2D eigenvalue weighted by molar-refractivity contribution is 0.385. The van der Waals surface area contributed by atoms with E-state index < -0.39 is 5.76 Å². The molecule has 0 radical (unpaired) electrons. The number of rotatable bonds is 5. The van der Waals surface area contributed by atoms with Crippen LogP contribution < -0.4 is 5.76 Å². The maximum Gasteiger partial charge on any atom is 0.439 e. The Morgan fingerprint density at radius 3 is 2.70 bits per heavy atom. The molecule has 2 aromatic heterocycles. The van der Waals surface area contributed by atoms with E-state index in [9.17, 15) is 4.79 Å². The minimum absolute atomic E-state index is 0.0836. The second kappa shape index (κ2) is 9.52. The summed E-state index contributed by atoms with van der Waals surface area (Å²) in [5.41, 5.74) is 8.97. The highest BCUT2D eigenvalue weighted by molar-refractivity contribution is 6.34. The summed E-state index contributed by atoms with van der Waals surface area (Å²) in [6.07, 6.45) is 5.64. The van der Waals surface area contributed by atoms with Crippen molar-refractivity contribution in [2.24, 2.45) is 0 Å². The second-order valence-corrected chi connectivity index (χ2v) is 9.95. The number of nitrogens with zero attached hydrogens (tertiary/aromatic N) is 3. The maximum atomic E-state index is 11.6. The van der Waals surface area contributed by atoms with Gasteiger partial charge in [-0.15, -0.1) is 0 Å². The van der Waals surface area contributed by atoms with Crippen LogP contribution in [0, 0.1) is 0 Å². The number of aromatic amines is 1. The van der Waals surface area contributed by atoms with Crippen molar-refractivity contribution in [2.45, 2.75) is 45.6 Å². The van der Waals surface area contributed by atoms with Gasteiger partial charge in [0.1, 0.15) is 11.3 Å². The molecule has 0 spiro atoms. The first-order valence-corrected chi connectivity index (χ1v) is 13.1. The molecule has 0 saturated carbocycles. The number of nitrogens with one attached hydrogen (secondary N) is 1. The molecule has 0 aliphatic heterocycles. The average Bonchev–Trinajstić information content (AvgIpc) is 3.45. The van der Waals surface area contributed by atoms with Crippen molar-refractivity contribution < 1.29 is 4.52 Å². The average molecular weight is 511 g/mol. The highest BCUT2D eigenvalue weighted by atomic mass is 35.5. The highest BCUT2D eigenvalue weighted by Crippen LogP contribution is 2.37. The number of halogens is 1. The minimum Gasteiger partial charge on any atom is -0.321 e. The van der Waals surface area contributed by atoms with Gasteiger partial charge in [-0.3, -0.25) is 9.51 Å². The van der Waals surface area contributed by atoms with Crippen LogP contribution in [0.25, 0.3) is 22.7 Å². The third-order valence-corrected chi connectivity index (χ3v) is 7.52. The molecule has 1 unspecified atom stereocenters. The smallest absolute Gasteiger partial charge is 0.321 e. The summed E-state index contributed by atoms with van der Waals surface area (Å²) in [4.78, 5) is 19.2. The summed E-state index contributed by atoms with van der Waals surface area (Å²) in [5.74, 6) is 0.899. The van der Waals surface area contributed by atoms with Crippen LogP contribution in [0.15, 0.2) is 70.0 Å². The number of aryl methyl sites for hydroxylation is 3. The van der Waals surface area contributed by atoms with Crippen LogP contribution in [0.1, 0.15) is 65.8 Å². The maximum absolute atomic E-state index is 11.6. The Hall–Kier alpha value is -3.90. The molecule has 1 N–H and O–H groups in total. The lowest BCUT2D eigenvalue weighted by Crippen LogP contribution is -2.11. The molecule has 3 aromatic carbocycles.